The van der Waals surface area contributed by atoms with Crippen molar-refractivity contribution in [3.8, 4) is 0 Å². The van der Waals surface area contributed by atoms with E-state index in [1.807, 2.05) is 31.3 Å². The van der Waals surface area contributed by atoms with Crippen LogP contribution in [0.3, 0.4) is 0 Å². The summed E-state index contributed by atoms with van der Waals surface area (Å²) >= 11 is 0. The summed E-state index contributed by atoms with van der Waals surface area (Å²) in [7, 11) is 5.78. The number of guanidine groups is 1. The topological polar surface area (TPSA) is 52.6 Å². The van der Waals surface area contributed by atoms with Gasteiger partial charge in [-0.3, -0.25) is 4.99 Å². The van der Waals surface area contributed by atoms with Gasteiger partial charge >= 0.3 is 0 Å². The highest BCUT2D eigenvalue weighted by molar-refractivity contribution is 14.0. The molecule has 0 bridgehead atoms. The van der Waals surface area contributed by atoms with Gasteiger partial charge in [0.15, 0.2) is 5.96 Å². The van der Waals surface area contributed by atoms with Gasteiger partial charge < -0.3 is 15.5 Å². The number of aliphatic imine (C=N–C) groups is 1. The third-order valence-electron chi connectivity index (χ3n) is 3.94. The first-order chi connectivity index (χ1) is 12.0. The van der Waals surface area contributed by atoms with Gasteiger partial charge in [-0.25, -0.2) is 4.98 Å². The molecule has 1 aromatic heterocycles. The molecule has 0 aliphatic rings. The van der Waals surface area contributed by atoms with Crippen molar-refractivity contribution in [1.29, 1.82) is 0 Å². The van der Waals surface area contributed by atoms with Crippen LogP contribution in [0.15, 0.2) is 41.5 Å². The average molecular weight is 467 g/mol. The van der Waals surface area contributed by atoms with Crippen molar-refractivity contribution in [2.45, 2.75) is 26.8 Å². The van der Waals surface area contributed by atoms with Crippen molar-refractivity contribution in [3.63, 3.8) is 0 Å². The second-order valence-electron chi connectivity index (χ2n) is 6.52. The smallest absolute Gasteiger partial charge is 0.191 e. The highest BCUT2D eigenvalue weighted by Crippen LogP contribution is 2.10. The molecule has 142 valence electrons. The summed E-state index contributed by atoms with van der Waals surface area (Å²) in [5.41, 5.74) is 5.15. The lowest BCUT2D eigenvalue weighted by Gasteiger charge is -2.14. The molecule has 0 radical (unpaired) electrons. The number of aryl methyl sites for hydroxylation is 2. The van der Waals surface area contributed by atoms with Gasteiger partial charge in [-0.15, -0.1) is 24.0 Å². The maximum absolute atomic E-state index is 4.34. The van der Waals surface area contributed by atoms with Crippen molar-refractivity contribution >= 4 is 35.8 Å². The molecule has 0 unspecified atom stereocenters. The van der Waals surface area contributed by atoms with Crippen molar-refractivity contribution < 1.29 is 0 Å². The summed E-state index contributed by atoms with van der Waals surface area (Å²) in [4.78, 5) is 10.6. The number of anilines is 1. The molecule has 1 heterocycles. The summed E-state index contributed by atoms with van der Waals surface area (Å²) in [6.07, 6.45) is 2.81. The maximum Gasteiger partial charge on any atom is 0.191 e. The Bertz CT molecular complexity index is 708. The lowest BCUT2D eigenvalue weighted by molar-refractivity contribution is 0.793. The predicted molar refractivity (Wildman–Crippen MR) is 122 cm³/mol. The maximum atomic E-state index is 4.34. The summed E-state index contributed by atoms with van der Waals surface area (Å²) in [5.74, 6) is 1.77. The first-order valence-corrected chi connectivity index (χ1v) is 8.62. The molecule has 0 spiro atoms. The van der Waals surface area contributed by atoms with E-state index in [2.05, 4.69) is 58.7 Å². The minimum Gasteiger partial charge on any atom is -0.363 e. The van der Waals surface area contributed by atoms with Gasteiger partial charge in [-0.2, -0.15) is 0 Å². The number of hydrogen-bond acceptors (Lipinski definition) is 3. The molecule has 1 aromatic carbocycles. The van der Waals surface area contributed by atoms with Crippen LogP contribution in [0, 0.1) is 13.8 Å². The van der Waals surface area contributed by atoms with Crippen molar-refractivity contribution in [1.82, 2.24) is 15.6 Å². The van der Waals surface area contributed by atoms with Crippen LogP contribution in [0.1, 0.15) is 22.3 Å². The minimum atomic E-state index is 0. The summed E-state index contributed by atoms with van der Waals surface area (Å²) in [6.45, 7) is 5.84. The van der Waals surface area contributed by atoms with Gasteiger partial charge in [0.05, 0.1) is 0 Å². The Morgan fingerprint density at radius 1 is 1.04 bits per heavy atom. The van der Waals surface area contributed by atoms with E-state index in [4.69, 9.17) is 0 Å². The zero-order valence-corrected chi connectivity index (χ0v) is 18.7. The lowest BCUT2D eigenvalue weighted by atomic mass is 10.1. The molecule has 2 aromatic rings. The average Bonchev–Trinajstić information content (AvgIpc) is 2.57. The largest absolute Gasteiger partial charge is 0.363 e. The predicted octanol–water partition coefficient (Wildman–Crippen LogP) is 3.29. The van der Waals surface area contributed by atoms with Crippen LogP contribution in [0.25, 0.3) is 0 Å². The third kappa shape index (κ3) is 7.19. The van der Waals surface area contributed by atoms with E-state index in [0.717, 1.165) is 24.7 Å². The molecule has 0 atom stereocenters. The highest BCUT2D eigenvalue weighted by Gasteiger charge is 2.02. The number of aromatic nitrogens is 1. The zero-order chi connectivity index (χ0) is 18.2. The minimum absolute atomic E-state index is 0. The Balaban J connectivity index is 0.00000338. The zero-order valence-electron chi connectivity index (χ0n) is 16.3. The second kappa shape index (κ2) is 11.0. The number of benzene rings is 1. The Labute approximate surface area is 174 Å². The lowest BCUT2D eigenvalue weighted by Crippen LogP contribution is -2.37. The molecule has 0 fully saturated rings. The molecule has 0 aliphatic carbocycles. The van der Waals surface area contributed by atoms with Gasteiger partial charge in [0.25, 0.3) is 0 Å². The Kier molecular flexibility index (Phi) is 9.40. The van der Waals surface area contributed by atoms with E-state index in [9.17, 15) is 0 Å². The molecule has 26 heavy (non-hydrogen) atoms. The van der Waals surface area contributed by atoms with Crippen LogP contribution < -0.4 is 15.5 Å². The highest BCUT2D eigenvalue weighted by atomic mass is 127. The molecule has 0 saturated heterocycles. The molecule has 2 rings (SSSR count). The third-order valence-corrected chi connectivity index (χ3v) is 3.94. The van der Waals surface area contributed by atoms with Crippen LogP contribution >= 0.6 is 24.0 Å². The second-order valence-corrected chi connectivity index (χ2v) is 6.52. The quantitative estimate of drug-likeness (QED) is 0.389. The van der Waals surface area contributed by atoms with Crippen LogP contribution in [0.4, 0.5) is 5.82 Å². The fourth-order valence-electron chi connectivity index (χ4n) is 2.76. The molecule has 5 nitrogen and oxygen atoms in total. The van der Waals surface area contributed by atoms with Crippen LogP contribution in [0.2, 0.25) is 0 Å². The molecule has 0 saturated carbocycles. The number of nitrogens with zero attached hydrogens (tertiary/aromatic N) is 3. The summed E-state index contributed by atoms with van der Waals surface area (Å²) in [5, 5.41) is 6.73. The van der Waals surface area contributed by atoms with Crippen LogP contribution in [-0.2, 0) is 13.0 Å². The van der Waals surface area contributed by atoms with Gasteiger partial charge in [-0.1, -0.05) is 29.3 Å². The number of nitrogens with one attached hydrogen (secondary N) is 2. The fraction of sp³-hybridized carbons (Fsp3) is 0.400. The molecule has 2 N–H and O–H groups in total. The van der Waals surface area contributed by atoms with Gasteiger partial charge in [0.2, 0.25) is 0 Å². The molecular formula is C20H30IN5. The Morgan fingerprint density at radius 2 is 1.73 bits per heavy atom. The van der Waals surface area contributed by atoms with E-state index in [-0.39, 0.29) is 24.0 Å². The van der Waals surface area contributed by atoms with Crippen LogP contribution in [0.5, 0.6) is 0 Å². The van der Waals surface area contributed by atoms with Crippen LogP contribution in [-0.4, -0.2) is 38.6 Å². The standard InChI is InChI=1S/C20H29N5.HI/c1-15-10-16(2)12-17(11-15)6-9-23-20(21-3)24-14-18-7-8-22-19(13-18)25(4)5;/h7-8,10-13H,6,9,14H2,1-5H3,(H2,21,23,24);1H. The van der Waals surface area contributed by atoms with E-state index in [1.165, 1.54) is 22.3 Å². The Morgan fingerprint density at radius 3 is 2.35 bits per heavy atom. The fourth-order valence-corrected chi connectivity index (χ4v) is 2.76. The first kappa shape index (κ1) is 22.2. The number of pyridine rings is 1. The summed E-state index contributed by atoms with van der Waals surface area (Å²) < 4.78 is 0. The SMILES string of the molecule is CN=C(NCCc1cc(C)cc(C)c1)NCc1ccnc(N(C)C)c1.I. The van der Waals surface area contributed by atoms with E-state index in [1.54, 1.807) is 7.05 Å². The van der Waals surface area contributed by atoms with E-state index >= 15 is 0 Å². The number of hydrogen-bond donors (Lipinski definition) is 2. The first-order valence-electron chi connectivity index (χ1n) is 8.62. The number of halogens is 1. The molecule has 0 aliphatic heterocycles. The van der Waals surface area contributed by atoms with Gasteiger partial charge in [0.1, 0.15) is 5.82 Å². The monoisotopic (exact) mass is 467 g/mol. The van der Waals surface area contributed by atoms with E-state index < -0.39 is 0 Å². The van der Waals surface area contributed by atoms with Crippen molar-refractivity contribution in [2.24, 2.45) is 4.99 Å². The van der Waals surface area contributed by atoms with Gasteiger partial charge in [0, 0.05) is 40.4 Å². The normalized spacial score (nSPS) is 10.9. The molecular weight excluding hydrogens is 437 g/mol. The van der Waals surface area contributed by atoms with Crippen molar-refractivity contribution in [3.05, 3.63) is 58.8 Å². The van der Waals surface area contributed by atoms with E-state index in [0.29, 0.717) is 6.54 Å². The van der Waals surface area contributed by atoms with Crippen molar-refractivity contribution in [2.75, 3.05) is 32.6 Å². The van der Waals surface area contributed by atoms with Gasteiger partial charge in [-0.05, 0) is 43.5 Å². The molecule has 6 heteroatoms. The Hall–Kier alpha value is -1.83. The molecule has 0 amide bonds. The summed E-state index contributed by atoms with van der Waals surface area (Å²) in [6, 6.07) is 10.8. The number of rotatable bonds is 6.